The zero-order valence-electron chi connectivity index (χ0n) is 8.16. The lowest BCUT2D eigenvalue weighted by molar-refractivity contribution is 0.0686. The highest BCUT2D eigenvalue weighted by Crippen LogP contribution is 2.48. The summed E-state index contributed by atoms with van der Waals surface area (Å²) in [6.07, 6.45) is 3.69. The van der Waals surface area contributed by atoms with Gasteiger partial charge in [-0.25, -0.2) is 9.78 Å². The summed E-state index contributed by atoms with van der Waals surface area (Å²) < 4.78 is 5.97. The van der Waals surface area contributed by atoms with Crippen LogP contribution in [0.5, 0.6) is 5.75 Å². The quantitative estimate of drug-likeness (QED) is 0.918. The largest absolute Gasteiger partial charge is 0.494 e. The predicted molar refractivity (Wildman–Crippen MR) is 57.4 cm³/mol. The molecule has 0 amide bonds. The summed E-state index contributed by atoms with van der Waals surface area (Å²) in [5.41, 5.74) is 0.924. The van der Waals surface area contributed by atoms with Gasteiger partial charge in [-0.15, -0.1) is 0 Å². The minimum atomic E-state index is -1.05. The van der Waals surface area contributed by atoms with E-state index in [0.29, 0.717) is 11.7 Å². The Morgan fingerprint density at radius 2 is 2.33 bits per heavy atom. The smallest absolute Gasteiger partial charge is 0.358 e. The molecule has 0 aromatic carbocycles. The number of pyridine rings is 1. The molecule has 1 aliphatic rings. The number of nitrogens with zero attached hydrogens (tertiary/aromatic N) is 1. The van der Waals surface area contributed by atoms with Gasteiger partial charge in [0.15, 0.2) is 11.4 Å². The molecule has 80 valence electrons. The highest BCUT2D eigenvalue weighted by molar-refractivity contribution is 9.10. The summed E-state index contributed by atoms with van der Waals surface area (Å²) in [6, 6.07) is 0. The maximum atomic E-state index is 10.9. The third-order valence-corrected chi connectivity index (χ3v) is 3.05. The van der Waals surface area contributed by atoms with E-state index in [2.05, 4.69) is 20.9 Å². The summed E-state index contributed by atoms with van der Waals surface area (Å²) in [6.45, 7) is 0. The van der Waals surface area contributed by atoms with Crippen LogP contribution < -0.4 is 4.74 Å². The number of ether oxygens (including phenoxy) is 1. The Hall–Kier alpha value is -1.10. The van der Waals surface area contributed by atoms with E-state index in [1.165, 1.54) is 13.3 Å². The fraction of sp³-hybridized carbons (Fsp3) is 0.400. The van der Waals surface area contributed by atoms with Gasteiger partial charge in [-0.1, -0.05) is 0 Å². The first-order valence-corrected chi connectivity index (χ1v) is 5.40. The Morgan fingerprint density at radius 3 is 2.80 bits per heavy atom. The van der Waals surface area contributed by atoms with Gasteiger partial charge in [0.25, 0.3) is 0 Å². The highest BCUT2D eigenvalue weighted by atomic mass is 79.9. The molecule has 15 heavy (non-hydrogen) atoms. The molecule has 4 nitrogen and oxygen atoms in total. The van der Waals surface area contributed by atoms with E-state index in [1.807, 2.05) is 0 Å². The van der Waals surface area contributed by atoms with Crippen LogP contribution >= 0.6 is 15.9 Å². The lowest BCUT2D eigenvalue weighted by atomic mass is 10.1. The molecule has 0 bridgehead atoms. The number of rotatable bonds is 3. The summed E-state index contributed by atoms with van der Waals surface area (Å²) in [4.78, 5) is 14.8. The molecule has 0 saturated heterocycles. The average molecular weight is 272 g/mol. The standard InChI is InChI=1S/C10H10BrNO3/c1-15-9-7(5-2-3-5)6(11)4-12-8(9)10(13)14/h4-5H,2-3H2,1H3,(H,13,14). The van der Waals surface area contributed by atoms with Crippen molar-refractivity contribution < 1.29 is 14.6 Å². The lowest BCUT2D eigenvalue weighted by Gasteiger charge is -2.11. The van der Waals surface area contributed by atoms with Crippen LogP contribution in [0.1, 0.15) is 34.8 Å². The van der Waals surface area contributed by atoms with E-state index in [0.717, 1.165) is 22.9 Å². The number of aromatic nitrogens is 1. The average Bonchev–Trinajstić information content (AvgIpc) is 3.00. The molecule has 0 unspecified atom stereocenters. The van der Waals surface area contributed by atoms with E-state index in [9.17, 15) is 4.79 Å². The van der Waals surface area contributed by atoms with Crippen LogP contribution in [0, 0.1) is 0 Å². The maximum Gasteiger partial charge on any atom is 0.358 e. The summed E-state index contributed by atoms with van der Waals surface area (Å²) in [7, 11) is 1.47. The third-order valence-electron chi connectivity index (χ3n) is 2.42. The molecule has 1 saturated carbocycles. The van der Waals surface area contributed by atoms with E-state index in [1.54, 1.807) is 0 Å². The SMILES string of the molecule is COc1c(C(=O)O)ncc(Br)c1C1CC1. The van der Waals surface area contributed by atoms with Crippen molar-refractivity contribution in [1.82, 2.24) is 4.98 Å². The van der Waals surface area contributed by atoms with Gasteiger partial charge in [0, 0.05) is 16.2 Å². The van der Waals surface area contributed by atoms with E-state index in [4.69, 9.17) is 9.84 Å². The zero-order valence-corrected chi connectivity index (χ0v) is 9.74. The van der Waals surface area contributed by atoms with Crippen molar-refractivity contribution in [2.75, 3.05) is 7.11 Å². The number of hydrogen-bond donors (Lipinski definition) is 1. The number of carbonyl (C=O) groups is 1. The van der Waals surface area contributed by atoms with E-state index in [-0.39, 0.29) is 5.69 Å². The normalized spacial score (nSPS) is 15.1. The van der Waals surface area contributed by atoms with E-state index >= 15 is 0 Å². The molecule has 0 radical (unpaired) electrons. The van der Waals surface area contributed by atoms with Gasteiger partial charge in [-0.2, -0.15) is 0 Å². The lowest BCUT2D eigenvalue weighted by Crippen LogP contribution is -2.06. The van der Waals surface area contributed by atoms with Gasteiger partial charge in [0.1, 0.15) is 0 Å². The molecule has 1 heterocycles. The first-order valence-electron chi connectivity index (χ1n) is 4.60. The number of methoxy groups -OCH3 is 1. The second-order valence-electron chi connectivity index (χ2n) is 3.48. The van der Waals surface area contributed by atoms with Gasteiger partial charge >= 0.3 is 5.97 Å². The van der Waals surface area contributed by atoms with Crippen LogP contribution in [0.3, 0.4) is 0 Å². The second kappa shape index (κ2) is 3.81. The molecule has 1 aliphatic carbocycles. The second-order valence-corrected chi connectivity index (χ2v) is 4.34. The number of carboxylic acids is 1. The molecule has 0 spiro atoms. The Kier molecular flexibility index (Phi) is 2.65. The zero-order chi connectivity index (χ0) is 11.0. The predicted octanol–water partition coefficient (Wildman–Crippen LogP) is 2.43. The first kappa shape index (κ1) is 10.4. The Balaban J connectivity index is 2.58. The minimum Gasteiger partial charge on any atom is -0.494 e. The minimum absolute atomic E-state index is 0.0115. The van der Waals surface area contributed by atoms with Crippen LogP contribution in [0.15, 0.2) is 10.7 Å². The first-order chi connectivity index (χ1) is 7.15. The number of aromatic carboxylic acids is 1. The monoisotopic (exact) mass is 271 g/mol. The highest BCUT2D eigenvalue weighted by Gasteiger charge is 2.32. The molecule has 0 atom stereocenters. The topological polar surface area (TPSA) is 59.4 Å². The third kappa shape index (κ3) is 1.84. The number of hydrogen-bond acceptors (Lipinski definition) is 3. The van der Waals surface area contributed by atoms with Crippen LogP contribution in [0.25, 0.3) is 0 Å². The Morgan fingerprint density at radius 1 is 1.67 bits per heavy atom. The molecule has 1 fully saturated rings. The van der Waals surface area contributed by atoms with E-state index < -0.39 is 5.97 Å². The fourth-order valence-electron chi connectivity index (χ4n) is 1.60. The maximum absolute atomic E-state index is 10.9. The van der Waals surface area contributed by atoms with Gasteiger partial charge < -0.3 is 9.84 Å². The molecule has 1 aromatic rings. The van der Waals surface area contributed by atoms with Gasteiger partial charge in [0.2, 0.25) is 0 Å². The van der Waals surface area contributed by atoms with Crippen molar-refractivity contribution in [3.63, 3.8) is 0 Å². The van der Waals surface area contributed by atoms with Crippen LogP contribution in [-0.2, 0) is 0 Å². The molecular formula is C10H10BrNO3. The van der Waals surface area contributed by atoms with Crippen molar-refractivity contribution in [2.45, 2.75) is 18.8 Å². The Labute approximate surface area is 95.4 Å². The fourth-order valence-corrected chi connectivity index (χ4v) is 2.20. The van der Waals surface area contributed by atoms with Crippen molar-refractivity contribution in [1.29, 1.82) is 0 Å². The van der Waals surface area contributed by atoms with Crippen molar-refractivity contribution in [3.8, 4) is 5.75 Å². The molecule has 1 N–H and O–H groups in total. The van der Waals surface area contributed by atoms with Gasteiger partial charge in [-0.05, 0) is 34.7 Å². The van der Waals surface area contributed by atoms with Gasteiger partial charge in [0.05, 0.1) is 7.11 Å². The van der Waals surface area contributed by atoms with Crippen molar-refractivity contribution in [3.05, 3.63) is 21.9 Å². The number of halogens is 1. The molecule has 2 rings (SSSR count). The molecule has 0 aliphatic heterocycles. The van der Waals surface area contributed by atoms with Crippen LogP contribution in [0.2, 0.25) is 0 Å². The van der Waals surface area contributed by atoms with Crippen LogP contribution in [-0.4, -0.2) is 23.2 Å². The van der Waals surface area contributed by atoms with Gasteiger partial charge in [-0.3, -0.25) is 0 Å². The summed E-state index contributed by atoms with van der Waals surface area (Å²) in [5, 5.41) is 8.96. The Bertz CT molecular complexity index is 415. The van der Waals surface area contributed by atoms with Crippen molar-refractivity contribution >= 4 is 21.9 Å². The number of carboxylic acid groups (broad SMARTS) is 1. The van der Waals surface area contributed by atoms with Crippen LogP contribution in [0.4, 0.5) is 0 Å². The summed E-state index contributed by atoms with van der Waals surface area (Å²) in [5.74, 6) is -0.254. The molecule has 5 heteroatoms. The van der Waals surface area contributed by atoms with Crippen molar-refractivity contribution in [2.24, 2.45) is 0 Å². The molecule has 1 aromatic heterocycles. The summed E-state index contributed by atoms with van der Waals surface area (Å²) >= 11 is 3.38. The molecular weight excluding hydrogens is 262 g/mol.